The van der Waals surface area contributed by atoms with Crippen LogP contribution in [0, 0.1) is 11.7 Å². The molecule has 0 bridgehead atoms. The topological polar surface area (TPSA) is 64.3 Å². The summed E-state index contributed by atoms with van der Waals surface area (Å²) in [5.41, 5.74) is 6.19. The van der Waals surface area contributed by atoms with E-state index in [9.17, 15) is 9.18 Å². The molecule has 0 saturated heterocycles. The van der Waals surface area contributed by atoms with Crippen molar-refractivity contribution in [3.8, 4) is 0 Å². The third-order valence-electron chi connectivity index (χ3n) is 3.46. The van der Waals surface area contributed by atoms with Gasteiger partial charge in [0.2, 0.25) is 0 Å². The number of carbonyl (C=O) groups is 1. The van der Waals surface area contributed by atoms with E-state index < -0.39 is 11.8 Å². The summed E-state index contributed by atoms with van der Waals surface area (Å²) in [6.07, 6.45) is 3.55. The van der Waals surface area contributed by atoms with Crippen molar-refractivity contribution < 1.29 is 13.9 Å². The van der Waals surface area contributed by atoms with Gasteiger partial charge in [-0.25, -0.2) is 9.18 Å². The largest absolute Gasteiger partial charge is 0.462 e. The highest BCUT2D eigenvalue weighted by Gasteiger charge is 2.21. The summed E-state index contributed by atoms with van der Waals surface area (Å²) in [4.78, 5) is 11.6. The molecular weight excluding hydrogens is 247 g/mol. The zero-order valence-electron chi connectivity index (χ0n) is 11.0. The van der Waals surface area contributed by atoms with Gasteiger partial charge in [0, 0.05) is 6.54 Å². The van der Waals surface area contributed by atoms with Crippen LogP contribution < -0.4 is 11.1 Å². The molecule has 104 valence electrons. The van der Waals surface area contributed by atoms with Gasteiger partial charge in [0.1, 0.15) is 0 Å². The molecule has 0 aliphatic heterocycles. The van der Waals surface area contributed by atoms with Gasteiger partial charge in [-0.1, -0.05) is 6.42 Å². The van der Waals surface area contributed by atoms with Crippen LogP contribution in [0.25, 0.3) is 0 Å². The van der Waals surface area contributed by atoms with Crippen molar-refractivity contribution in [2.24, 2.45) is 5.92 Å². The molecular formula is C14H19FN2O2. The number of nitrogen functional groups attached to an aromatic ring is 1. The maximum absolute atomic E-state index is 14.2. The molecule has 4 nitrogen and oxygen atoms in total. The van der Waals surface area contributed by atoms with Crippen LogP contribution in [0.5, 0.6) is 0 Å². The van der Waals surface area contributed by atoms with Crippen LogP contribution in [-0.2, 0) is 4.74 Å². The van der Waals surface area contributed by atoms with Gasteiger partial charge in [0.05, 0.1) is 23.5 Å². The summed E-state index contributed by atoms with van der Waals surface area (Å²) in [6.45, 7) is 2.59. The van der Waals surface area contributed by atoms with Crippen molar-refractivity contribution in [2.75, 3.05) is 24.2 Å². The summed E-state index contributed by atoms with van der Waals surface area (Å²) in [5.74, 6) is -0.713. The van der Waals surface area contributed by atoms with E-state index >= 15 is 0 Å². The van der Waals surface area contributed by atoms with Crippen LogP contribution in [0.3, 0.4) is 0 Å². The second-order valence-corrected chi connectivity index (χ2v) is 4.79. The van der Waals surface area contributed by atoms with E-state index in [0.29, 0.717) is 18.2 Å². The fraction of sp³-hybridized carbons (Fsp3) is 0.500. The van der Waals surface area contributed by atoms with Gasteiger partial charge in [-0.2, -0.15) is 0 Å². The minimum Gasteiger partial charge on any atom is -0.462 e. The fourth-order valence-corrected chi connectivity index (χ4v) is 2.08. The summed E-state index contributed by atoms with van der Waals surface area (Å²) >= 11 is 0. The summed E-state index contributed by atoms with van der Waals surface area (Å²) in [6, 6.07) is 2.88. The molecule has 0 atom stereocenters. The van der Waals surface area contributed by atoms with E-state index in [0.717, 1.165) is 12.8 Å². The lowest BCUT2D eigenvalue weighted by Gasteiger charge is -2.26. The van der Waals surface area contributed by atoms with Gasteiger partial charge in [-0.3, -0.25) is 0 Å². The highest BCUT2D eigenvalue weighted by molar-refractivity contribution is 5.92. The van der Waals surface area contributed by atoms with E-state index in [1.807, 2.05) is 0 Å². The van der Waals surface area contributed by atoms with E-state index in [1.54, 1.807) is 6.92 Å². The maximum atomic E-state index is 14.2. The summed E-state index contributed by atoms with van der Waals surface area (Å²) in [5, 5.41) is 3.01. The zero-order chi connectivity index (χ0) is 13.8. The van der Waals surface area contributed by atoms with Crippen molar-refractivity contribution in [3.63, 3.8) is 0 Å². The first-order valence-corrected chi connectivity index (χ1v) is 6.62. The smallest absolute Gasteiger partial charge is 0.341 e. The first-order valence-electron chi connectivity index (χ1n) is 6.62. The molecule has 1 aromatic rings. The second-order valence-electron chi connectivity index (χ2n) is 4.79. The van der Waals surface area contributed by atoms with Gasteiger partial charge < -0.3 is 15.8 Å². The maximum Gasteiger partial charge on any atom is 0.341 e. The lowest BCUT2D eigenvalue weighted by atomic mass is 9.85. The SMILES string of the molecule is CCOC(=O)c1ccc(N)c(NCC2CCC2)c1F. The fourth-order valence-electron chi connectivity index (χ4n) is 2.08. The molecule has 0 heterocycles. The van der Waals surface area contributed by atoms with Crippen molar-refractivity contribution in [2.45, 2.75) is 26.2 Å². The van der Waals surface area contributed by atoms with E-state index in [-0.39, 0.29) is 17.9 Å². The van der Waals surface area contributed by atoms with Crippen LogP contribution in [0.4, 0.5) is 15.8 Å². The number of esters is 1. The number of rotatable bonds is 5. The number of benzene rings is 1. The molecule has 19 heavy (non-hydrogen) atoms. The number of halogens is 1. The Morgan fingerprint density at radius 1 is 1.53 bits per heavy atom. The molecule has 2 rings (SSSR count). The number of nitrogens with two attached hydrogens (primary N) is 1. The average Bonchev–Trinajstić information content (AvgIpc) is 2.31. The third kappa shape index (κ3) is 2.97. The number of anilines is 2. The lowest BCUT2D eigenvalue weighted by Crippen LogP contribution is -2.22. The number of ether oxygens (including phenoxy) is 1. The Morgan fingerprint density at radius 3 is 2.84 bits per heavy atom. The zero-order valence-corrected chi connectivity index (χ0v) is 11.0. The van der Waals surface area contributed by atoms with Crippen molar-refractivity contribution in [1.82, 2.24) is 0 Å². The third-order valence-corrected chi connectivity index (χ3v) is 3.46. The van der Waals surface area contributed by atoms with Gasteiger partial charge in [0.15, 0.2) is 5.82 Å². The number of hydrogen-bond acceptors (Lipinski definition) is 4. The molecule has 0 unspecified atom stereocenters. The van der Waals surface area contributed by atoms with Crippen LogP contribution in [-0.4, -0.2) is 19.1 Å². The minimum atomic E-state index is -0.660. The van der Waals surface area contributed by atoms with E-state index in [1.165, 1.54) is 18.6 Å². The molecule has 5 heteroatoms. The molecule has 0 amide bonds. The Bertz CT molecular complexity index is 473. The number of hydrogen-bond donors (Lipinski definition) is 2. The molecule has 0 radical (unpaired) electrons. The van der Waals surface area contributed by atoms with Crippen LogP contribution in [0.2, 0.25) is 0 Å². The van der Waals surface area contributed by atoms with Crippen LogP contribution in [0.1, 0.15) is 36.5 Å². The van der Waals surface area contributed by atoms with Gasteiger partial charge in [-0.15, -0.1) is 0 Å². The molecule has 1 fully saturated rings. The van der Waals surface area contributed by atoms with Crippen molar-refractivity contribution >= 4 is 17.3 Å². The highest BCUT2D eigenvalue weighted by Crippen LogP contribution is 2.30. The Morgan fingerprint density at radius 2 is 2.26 bits per heavy atom. The highest BCUT2D eigenvalue weighted by atomic mass is 19.1. The minimum absolute atomic E-state index is 0.0767. The van der Waals surface area contributed by atoms with E-state index in [2.05, 4.69) is 5.32 Å². The normalized spacial score (nSPS) is 14.8. The first-order chi connectivity index (χ1) is 9.13. The lowest BCUT2D eigenvalue weighted by molar-refractivity contribution is 0.0521. The standard InChI is InChI=1S/C14H19FN2O2/c1-2-19-14(18)10-6-7-11(16)13(12(10)15)17-8-9-4-3-5-9/h6-7,9,17H,2-5,8,16H2,1H3. The Hall–Kier alpha value is -1.78. The van der Waals surface area contributed by atoms with Crippen molar-refractivity contribution in [1.29, 1.82) is 0 Å². The second kappa shape index (κ2) is 5.91. The first kappa shape index (κ1) is 13.6. The van der Waals surface area contributed by atoms with E-state index in [4.69, 9.17) is 10.5 Å². The summed E-state index contributed by atoms with van der Waals surface area (Å²) in [7, 11) is 0. The van der Waals surface area contributed by atoms with Crippen molar-refractivity contribution in [3.05, 3.63) is 23.5 Å². The van der Waals surface area contributed by atoms with Crippen LogP contribution in [0.15, 0.2) is 12.1 Å². The van der Waals surface area contributed by atoms with Gasteiger partial charge in [-0.05, 0) is 37.8 Å². The quantitative estimate of drug-likeness (QED) is 0.635. The molecule has 0 aromatic heterocycles. The number of nitrogens with one attached hydrogen (secondary N) is 1. The molecule has 3 N–H and O–H groups in total. The molecule has 1 aromatic carbocycles. The molecule has 1 aliphatic rings. The Kier molecular flexibility index (Phi) is 4.24. The summed E-state index contributed by atoms with van der Waals surface area (Å²) < 4.78 is 19.1. The monoisotopic (exact) mass is 266 g/mol. The van der Waals surface area contributed by atoms with Crippen LogP contribution >= 0.6 is 0 Å². The molecule has 1 aliphatic carbocycles. The van der Waals surface area contributed by atoms with Gasteiger partial charge >= 0.3 is 5.97 Å². The Balaban J connectivity index is 2.15. The Labute approximate surface area is 112 Å². The predicted octanol–water partition coefficient (Wildman–Crippen LogP) is 2.80. The van der Waals surface area contributed by atoms with Gasteiger partial charge in [0.25, 0.3) is 0 Å². The average molecular weight is 266 g/mol. The predicted molar refractivity (Wildman–Crippen MR) is 72.6 cm³/mol. The number of carbonyl (C=O) groups excluding carboxylic acids is 1. The molecule has 1 saturated carbocycles. The molecule has 0 spiro atoms.